The zero-order valence-electron chi connectivity index (χ0n) is 11.4. The van der Waals surface area contributed by atoms with Crippen molar-refractivity contribution in [3.8, 4) is 5.75 Å². The zero-order chi connectivity index (χ0) is 13.8. The van der Waals surface area contributed by atoms with E-state index in [4.69, 9.17) is 10.5 Å². The summed E-state index contributed by atoms with van der Waals surface area (Å²) in [5.41, 5.74) is 7.65. The zero-order valence-corrected chi connectivity index (χ0v) is 12.2. The second-order valence-corrected chi connectivity index (χ2v) is 5.12. The molecule has 102 valence electrons. The topological polar surface area (TPSA) is 66.0 Å². The number of aryl methyl sites for hydroxylation is 1. The van der Waals surface area contributed by atoms with Gasteiger partial charge >= 0.3 is 0 Å². The monoisotopic (exact) mass is 278 g/mol. The Balaban J connectivity index is 2.14. The highest BCUT2D eigenvalue weighted by molar-refractivity contribution is 7.98. The van der Waals surface area contributed by atoms with Gasteiger partial charge in [0, 0.05) is 24.1 Å². The van der Waals surface area contributed by atoms with E-state index in [0.717, 1.165) is 33.7 Å². The number of nitrogen functional groups attached to an aromatic ring is 1. The number of anilines is 1. The first-order valence-corrected chi connectivity index (χ1v) is 7.10. The van der Waals surface area contributed by atoms with E-state index in [0.29, 0.717) is 6.61 Å². The van der Waals surface area contributed by atoms with E-state index in [-0.39, 0.29) is 0 Å². The minimum absolute atomic E-state index is 0.644. The van der Waals surface area contributed by atoms with Crippen molar-refractivity contribution in [2.75, 3.05) is 12.3 Å². The van der Waals surface area contributed by atoms with Gasteiger partial charge in [0.1, 0.15) is 11.6 Å². The second-order valence-electron chi connectivity index (χ2n) is 4.18. The SMILES string of the molecule is CCOc1ccc(N)cc1CSc1nnc(C)n1C. The smallest absolute Gasteiger partial charge is 0.191 e. The fourth-order valence-corrected chi connectivity index (χ4v) is 2.60. The fraction of sp³-hybridized carbons (Fsp3) is 0.385. The number of aromatic nitrogens is 3. The Morgan fingerprint density at radius 2 is 2.16 bits per heavy atom. The van der Waals surface area contributed by atoms with Gasteiger partial charge in [-0.25, -0.2) is 0 Å². The molecule has 0 amide bonds. The molecule has 1 heterocycles. The van der Waals surface area contributed by atoms with Crippen molar-refractivity contribution in [2.24, 2.45) is 7.05 Å². The quantitative estimate of drug-likeness (QED) is 0.672. The molecular formula is C13H18N4OS. The molecule has 0 saturated heterocycles. The van der Waals surface area contributed by atoms with Crippen LogP contribution in [0.3, 0.4) is 0 Å². The Kier molecular flexibility index (Phi) is 4.31. The Hall–Kier alpha value is -1.69. The first-order valence-electron chi connectivity index (χ1n) is 6.11. The van der Waals surface area contributed by atoms with Crippen LogP contribution < -0.4 is 10.5 Å². The highest BCUT2D eigenvalue weighted by atomic mass is 32.2. The lowest BCUT2D eigenvalue weighted by molar-refractivity contribution is 0.337. The molecule has 0 spiro atoms. The van der Waals surface area contributed by atoms with Crippen LogP contribution in [0.25, 0.3) is 0 Å². The number of rotatable bonds is 5. The van der Waals surface area contributed by atoms with Gasteiger partial charge in [-0.1, -0.05) is 11.8 Å². The third-order valence-electron chi connectivity index (χ3n) is 2.79. The molecule has 6 heteroatoms. The largest absolute Gasteiger partial charge is 0.494 e. The van der Waals surface area contributed by atoms with E-state index < -0.39 is 0 Å². The molecule has 0 radical (unpaired) electrons. The van der Waals surface area contributed by atoms with E-state index in [9.17, 15) is 0 Å². The van der Waals surface area contributed by atoms with Gasteiger partial charge in [0.15, 0.2) is 5.16 Å². The van der Waals surface area contributed by atoms with E-state index in [1.165, 1.54) is 0 Å². The molecule has 5 nitrogen and oxygen atoms in total. The molecule has 0 aliphatic rings. The minimum Gasteiger partial charge on any atom is -0.494 e. The van der Waals surface area contributed by atoms with E-state index in [2.05, 4.69) is 10.2 Å². The molecular weight excluding hydrogens is 260 g/mol. The van der Waals surface area contributed by atoms with Gasteiger partial charge in [-0.15, -0.1) is 10.2 Å². The molecule has 1 aromatic heterocycles. The third-order valence-corrected chi connectivity index (χ3v) is 3.86. The number of thioether (sulfide) groups is 1. The molecule has 19 heavy (non-hydrogen) atoms. The number of nitrogens with two attached hydrogens (primary N) is 1. The molecule has 2 rings (SSSR count). The summed E-state index contributed by atoms with van der Waals surface area (Å²) in [5.74, 6) is 2.54. The van der Waals surface area contributed by atoms with Crippen molar-refractivity contribution in [1.29, 1.82) is 0 Å². The van der Waals surface area contributed by atoms with Gasteiger partial charge in [-0.2, -0.15) is 0 Å². The Morgan fingerprint density at radius 1 is 1.37 bits per heavy atom. The third kappa shape index (κ3) is 3.20. The summed E-state index contributed by atoms with van der Waals surface area (Å²) in [7, 11) is 1.96. The second kappa shape index (κ2) is 5.97. The Morgan fingerprint density at radius 3 is 2.79 bits per heavy atom. The molecule has 0 aliphatic heterocycles. The van der Waals surface area contributed by atoms with Crippen LogP contribution in [0.5, 0.6) is 5.75 Å². The predicted molar refractivity (Wildman–Crippen MR) is 77.3 cm³/mol. The van der Waals surface area contributed by atoms with Crippen LogP contribution in [-0.4, -0.2) is 21.4 Å². The molecule has 2 N–H and O–H groups in total. The molecule has 0 unspecified atom stereocenters. The number of benzene rings is 1. The lowest BCUT2D eigenvalue weighted by atomic mass is 10.2. The van der Waals surface area contributed by atoms with Crippen LogP contribution in [-0.2, 0) is 12.8 Å². The standard InChI is InChI=1S/C13H18N4OS/c1-4-18-12-6-5-11(14)7-10(12)8-19-13-16-15-9(2)17(13)3/h5-7H,4,8,14H2,1-3H3. The van der Waals surface area contributed by atoms with Crippen molar-refractivity contribution in [3.05, 3.63) is 29.6 Å². The molecule has 0 saturated carbocycles. The summed E-state index contributed by atoms with van der Waals surface area (Å²) >= 11 is 1.62. The highest BCUT2D eigenvalue weighted by Crippen LogP contribution is 2.28. The average molecular weight is 278 g/mol. The summed E-state index contributed by atoms with van der Waals surface area (Å²) < 4.78 is 7.57. The van der Waals surface area contributed by atoms with Crippen molar-refractivity contribution in [3.63, 3.8) is 0 Å². The summed E-state index contributed by atoms with van der Waals surface area (Å²) in [4.78, 5) is 0. The Bertz CT molecular complexity index is 568. The van der Waals surface area contributed by atoms with Crippen LogP contribution in [0.1, 0.15) is 18.3 Å². The maximum absolute atomic E-state index is 5.83. The van der Waals surface area contributed by atoms with Crippen LogP contribution >= 0.6 is 11.8 Å². The maximum Gasteiger partial charge on any atom is 0.191 e. The van der Waals surface area contributed by atoms with Crippen molar-refractivity contribution < 1.29 is 4.74 Å². The molecule has 0 atom stereocenters. The minimum atomic E-state index is 0.644. The maximum atomic E-state index is 5.83. The first kappa shape index (κ1) is 13.7. The molecule has 0 bridgehead atoms. The summed E-state index contributed by atoms with van der Waals surface area (Å²) in [5, 5.41) is 9.06. The number of hydrogen-bond donors (Lipinski definition) is 1. The van der Waals surface area contributed by atoms with Crippen molar-refractivity contribution >= 4 is 17.4 Å². The van der Waals surface area contributed by atoms with Gasteiger partial charge in [-0.3, -0.25) is 0 Å². The van der Waals surface area contributed by atoms with Crippen LogP contribution in [0, 0.1) is 6.92 Å². The first-order chi connectivity index (χ1) is 9.11. The van der Waals surface area contributed by atoms with Crippen molar-refractivity contribution in [2.45, 2.75) is 24.8 Å². The van der Waals surface area contributed by atoms with Crippen LogP contribution in [0.15, 0.2) is 23.4 Å². The number of hydrogen-bond acceptors (Lipinski definition) is 5. The summed E-state index contributed by atoms with van der Waals surface area (Å²) in [6.07, 6.45) is 0. The predicted octanol–water partition coefficient (Wildman–Crippen LogP) is 2.40. The van der Waals surface area contributed by atoms with Gasteiger partial charge in [0.2, 0.25) is 0 Å². The lowest BCUT2D eigenvalue weighted by Gasteiger charge is -2.10. The Labute approximate surface area is 117 Å². The highest BCUT2D eigenvalue weighted by Gasteiger charge is 2.09. The normalized spacial score (nSPS) is 10.7. The van der Waals surface area contributed by atoms with E-state index in [1.807, 2.05) is 43.7 Å². The van der Waals surface area contributed by atoms with E-state index in [1.54, 1.807) is 11.8 Å². The number of ether oxygens (including phenoxy) is 1. The molecule has 0 fully saturated rings. The van der Waals surface area contributed by atoms with Crippen LogP contribution in [0.2, 0.25) is 0 Å². The molecule has 0 aliphatic carbocycles. The lowest BCUT2D eigenvalue weighted by Crippen LogP contribution is -1.98. The van der Waals surface area contributed by atoms with E-state index >= 15 is 0 Å². The average Bonchev–Trinajstić information content (AvgIpc) is 2.71. The van der Waals surface area contributed by atoms with Crippen molar-refractivity contribution in [1.82, 2.24) is 14.8 Å². The molecule has 1 aromatic carbocycles. The van der Waals surface area contributed by atoms with Gasteiger partial charge in [0.25, 0.3) is 0 Å². The van der Waals surface area contributed by atoms with Gasteiger partial charge < -0.3 is 15.0 Å². The summed E-state index contributed by atoms with van der Waals surface area (Å²) in [6.45, 7) is 4.55. The number of nitrogens with zero attached hydrogens (tertiary/aromatic N) is 3. The summed E-state index contributed by atoms with van der Waals surface area (Å²) in [6, 6.07) is 5.71. The fourth-order valence-electron chi connectivity index (χ4n) is 1.66. The van der Waals surface area contributed by atoms with Crippen LogP contribution in [0.4, 0.5) is 5.69 Å². The van der Waals surface area contributed by atoms with Gasteiger partial charge in [0.05, 0.1) is 6.61 Å². The molecule has 2 aromatic rings. The van der Waals surface area contributed by atoms with Gasteiger partial charge in [-0.05, 0) is 32.0 Å².